The van der Waals surface area contributed by atoms with E-state index < -0.39 is 17.1 Å². The van der Waals surface area contributed by atoms with Gasteiger partial charge >= 0.3 is 5.97 Å². The lowest BCUT2D eigenvalue weighted by molar-refractivity contribution is -0.151. The third-order valence-electron chi connectivity index (χ3n) is 2.40. The molecule has 3 nitrogen and oxygen atoms in total. The Labute approximate surface area is 107 Å². The third-order valence-corrected chi connectivity index (χ3v) is 3.82. The third kappa shape index (κ3) is 2.18. The Morgan fingerprint density at radius 2 is 2.06 bits per heavy atom. The largest absolute Gasteiger partial charge is 0.463 e. The van der Waals surface area contributed by atoms with Crippen LogP contribution in [0.2, 0.25) is 0 Å². The average Bonchev–Trinajstić information content (AvgIpc) is 2.79. The minimum Gasteiger partial charge on any atom is -0.463 e. The first-order chi connectivity index (χ1) is 8.15. The molecule has 2 aromatic rings. The number of esters is 1. The lowest BCUT2D eigenvalue weighted by Gasteiger charge is -2.05. The second kappa shape index (κ2) is 4.85. The zero-order valence-corrected chi connectivity index (χ0v) is 10.5. The summed E-state index contributed by atoms with van der Waals surface area (Å²) in [6.45, 7) is 0. The number of rotatable bonds is 3. The van der Waals surface area contributed by atoms with Gasteiger partial charge in [-0.3, -0.25) is 4.79 Å². The maximum atomic E-state index is 11.6. The molecule has 2 rings (SSSR count). The Balaban J connectivity index is 2.40. The average molecular weight is 269 g/mol. The Morgan fingerprint density at radius 1 is 1.35 bits per heavy atom. The zero-order chi connectivity index (χ0) is 12.4. The lowest BCUT2D eigenvalue weighted by atomic mass is 10.1. The van der Waals surface area contributed by atoms with E-state index >= 15 is 0 Å². The molecular weight excluding hydrogens is 260 g/mol. The van der Waals surface area contributed by atoms with Gasteiger partial charge in [-0.15, -0.1) is 22.9 Å². The van der Waals surface area contributed by atoms with Crippen molar-refractivity contribution in [1.29, 1.82) is 0 Å². The van der Waals surface area contributed by atoms with E-state index in [9.17, 15) is 9.59 Å². The van der Waals surface area contributed by atoms with Crippen LogP contribution in [-0.4, -0.2) is 18.9 Å². The van der Waals surface area contributed by atoms with E-state index in [0.717, 1.165) is 17.2 Å². The Bertz CT molecular complexity index is 576. The number of fused-ring (bicyclic) bond motifs is 1. The minimum atomic E-state index is -0.987. The van der Waals surface area contributed by atoms with Crippen LogP contribution in [-0.2, 0) is 14.3 Å². The molecule has 0 aliphatic carbocycles. The number of methoxy groups -OCH3 is 1. The number of ether oxygens (including phenoxy) is 1. The van der Waals surface area contributed by atoms with Gasteiger partial charge in [0.15, 0.2) is 0 Å². The Hall–Kier alpha value is -1.39. The maximum Gasteiger partial charge on any atom is 0.376 e. The molecule has 0 radical (unpaired) electrons. The van der Waals surface area contributed by atoms with Gasteiger partial charge in [0.25, 0.3) is 5.78 Å². The molecule has 0 spiro atoms. The summed E-state index contributed by atoms with van der Waals surface area (Å²) >= 11 is 7.50. The summed E-state index contributed by atoms with van der Waals surface area (Å²) in [6.07, 6.45) is 0. The van der Waals surface area contributed by atoms with E-state index in [1.807, 2.05) is 24.3 Å². The highest BCUT2D eigenvalue weighted by Gasteiger charge is 2.27. The molecule has 0 bridgehead atoms. The molecule has 88 valence electrons. The van der Waals surface area contributed by atoms with E-state index in [0.29, 0.717) is 5.56 Å². The quantitative estimate of drug-likeness (QED) is 0.488. The summed E-state index contributed by atoms with van der Waals surface area (Å²) < 4.78 is 5.41. The predicted molar refractivity (Wildman–Crippen MR) is 67.4 cm³/mol. The molecular formula is C12H9ClO3S. The fourth-order valence-corrected chi connectivity index (χ4v) is 2.87. The fraction of sp³-hybridized carbons (Fsp3) is 0.167. The molecule has 0 aliphatic heterocycles. The second-order valence-electron chi connectivity index (χ2n) is 3.41. The van der Waals surface area contributed by atoms with Gasteiger partial charge in [0, 0.05) is 4.70 Å². The van der Waals surface area contributed by atoms with Crippen LogP contribution in [0.5, 0.6) is 0 Å². The molecule has 0 saturated carbocycles. The number of hydrogen-bond acceptors (Lipinski definition) is 4. The number of carbonyl (C=O) groups excluding carboxylic acids is 2. The van der Waals surface area contributed by atoms with Crippen LogP contribution in [0.1, 0.15) is 10.9 Å². The van der Waals surface area contributed by atoms with Gasteiger partial charge in [-0.1, -0.05) is 18.2 Å². The van der Waals surface area contributed by atoms with E-state index in [-0.39, 0.29) is 0 Å². The van der Waals surface area contributed by atoms with Crippen molar-refractivity contribution in [3.05, 3.63) is 35.2 Å². The number of benzene rings is 1. The van der Waals surface area contributed by atoms with Crippen molar-refractivity contribution in [2.24, 2.45) is 0 Å². The summed E-state index contributed by atoms with van der Waals surface area (Å²) in [7, 11) is 1.16. The van der Waals surface area contributed by atoms with Crippen LogP contribution in [0.25, 0.3) is 10.1 Å². The molecule has 1 atom stereocenters. The van der Waals surface area contributed by atoms with E-state index in [1.54, 1.807) is 5.38 Å². The van der Waals surface area contributed by atoms with E-state index in [2.05, 4.69) is 4.74 Å². The molecule has 17 heavy (non-hydrogen) atoms. The summed E-state index contributed by atoms with van der Waals surface area (Å²) in [4.78, 5) is 22.7. The number of Topliss-reactive ketones (excluding diaryl/α,β-unsaturated/α-hetero) is 1. The lowest BCUT2D eigenvalue weighted by Crippen LogP contribution is -2.20. The van der Waals surface area contributed by atoms with Gasteiger partial charge in [0.1, 0.15) is 5.38 Å². The van der Waals surface area contributed by atoms with E-state index in [1.165, 1.54) is 11.3 Å². The summed E-state index contributed by atoms with van der Waals surface area (Å²) in [5.74, 6) is -1.65. The SMILES string of the molecule is COC(=O)C(=O)C(Cl)c1csc2ccccc12. The summed E-state index contributed by atoms with van der Waals surface area (Å²) in [5.41, 5.74) is 0.655. The van der Waals surface area contributed by atoms with Crippen molar-refractivity contribution in [3.8, 4) is 0 Å². The maximum absolute atomic E-state index is 11.6. The van der Waals surface area contributed by atoms with Gasteiger partial charge in [-0.2, -0.15) is 0 Å². The molecule has 0 N–H and O–H groups in total. The minimum absolute atomic E-state index is 0.655. The second-order valence-corrected chi connectivity index (χ2v) is 4.75. The number of thiophene rings is 1. The van der Waals surface area contributed by atoms with Gasteiger partial charge in [-0.05, 0) is 22.4 Å². The molecule has 1 aromatic heterocycles. The van der Waals surface area contributed by atoms with Gasteiger partial charge < -0.3 is 4.74 Å². The van der Waals surface area contributed by atoms with Crippen LogP contribution < -0.4 is 0 Å². The van der Waals surface area contributed by atoms with Gasteiger partial charge in [0.2, 0.25) is 0 Å². The Morgan fingerprint density at radius 3 is 2.76 bits per heavy atom. The molecule has 1 heterocycles. The number of carbonyl (C=O) groups is 2. The van der Waals surface area contributed by atoms with Crippen molar-refractivity contribution in [2.75, 3.05) is 7.11 Å². The number of alkyl halides is 1. The molecule has 0 fully saturated rings. The molecule has 0 amide bonds. The van der Waals surface area contributed by atoms with Crippen LogP contribution in [0, 0.1) is 0 Å². The number of halogens is 1. The molecule has 0 saturated heterocycles. The van der Waals surface area contributed by atoms with Gasteiger partial charge in [-0.25, -0.2) is 4.79 Å². The topological polar surface area (TPSA) is 43.4 Å². The fourth-order valence-electron chi connectivity index (χ4n) is 1.54. The molecule has 1 unspecified atom stereocenters. The monoisotopic (exact) mass is 268 g/mol. The van der Waals surface area contributed by atoms with Crippen molar-refractivity contribution >= 4 is 44.8 Å². The van der Waals surface area contributed by atoms with Crippen LogP contribution in [0.15, 0.2) is 29.6 Å². The predicted octanol–water partition coefficient (Wildman–Crippen LogP) is 2.92. The first-order valence-electron chi connectivity index (χ1n) is 4.87. The highest BCUT2D eigenvalue weighted by Crippen LogP contribution is 2.33. The highest BCUT2D eigenvalue weighted by atomic mass is 35.5. The van der Waals surface area contributed by atoms with Crippen molar-refractivity contribution < 1.29 is 14.3 Å². The molecule has 0 aliphatic rings. The summed E-state index contributed by atoms with van der Waals surface area (Å²) in [5, 5.41) is 1.71. The number of ketones is 1. The molecule has 5 heteroatoms. The zero-order valence-electron chi connectivity index (χ0n) is 8.98. The first kappa shape index (κ1) is 12.1. The summed E-state index contributed by atoms with van der Waals surface area (Å²) in [6, 6.07) is 7.59. The number of hydrogen-bond donors (Lipinski definition) is 0. The Kier molecular flexibility index (Phi) is 3.45. The van der Waals surface area contributed by atoms with Crippen LogP contribution in [0.3, 0.4) is 0 Å². The highest BCUT2D eigenvalue weighted by molar-refractivity contribution is 7.17. The first-order valence-corrected chi connectivity index (χ1v) is 6.19. The van der Waals surface area contributed by atoms with Gasteiger partial charge in [0.05, 0.1) is 7.11 Å². The van der Waals surface area contributed by atoms with Crippen molar-refractivity contribution in [2.45, 2.75) is 5.38 Å². The van der Waals surface area contributed by atoms with E-state index in [4.69, 9.17) is 11.6 Å². The van der Waals surface area contributed by atoms with Crippen molar-refractivity contribution in [3.63, 3.8) is 0 Å². The van der Waals surface area contributed by atoms with Crippen LogP contribution in [0.4, 0.5) is 0 Å². The van der Waals surface area contributed by atoms with Crippen molar-refractivity contribution in [1.82, 2.24) is 0 Å². The standard InChI is InChI=1S/C12H9ClO3S/c1-16-12(15)11(14)10(13)8-6-17-9-5-3-2-4-7(8)9/h2-6,10H,1H3. The smallest absolute Gasteiger partial charge is 0.376 e. The van der Waals surface area contributed by atoms with Crippen LogP contribution >= 0.6 is 22.9 Å². The normalized spacial score (nSPS) is 12.4. The molecule has 1 aromatic carbocycles.